The molecule has 0 heterocycles. The number of hydrogen-bond acceptors (Lipinski definition) is 3. The van der Waals surface area contributed by atoms with Crippen LogP contribution in [0, 0.1) is 11.3 Å². The van der Waals surface area contributed by atoms with E-state index in [0.29, 0.717) is 18.5 Å². The van der Waals surface area contributed by atoms with Crippen LogP contribution >= 0.6 is 0 Å². The average molecular weight is 231 g/mol. The molecule has 0 saturated heterocycles. The number of amides is 1. The fourth-order valence-electron chi connectivity index (χ4n) is 1.46. The van der Waals surface area contributed by atoms with Crippen LogP contribution in [0.4, 0.5) is 0 Å². The summed E-state index contributed by atoms with van der Waals surface area (Å²) >= 11 is 0. The van der Waals surface area contributed by atoms with Crippen molar-refractivity contribution in [1.29, 1.82) is 5.26 Å². The molecule has 0 aromatic heterocycles. The van der Waals surface area contributed by atoms with Gasteiger partial charge in [0.2, 0.25) is 5.91 Å². The third-order valence-electron chi connectivity index (χ3n) is 2.49. The summed E-state index contributed by atoms with van der Waals surface area (Å²) in [7, 11) is 0. The number of rotatable bonds is 5. The molecule has 1 rings (SSSR count). The first-order valence-electron chi connectivity index (χ1n) is 5.69. The normalized spacial score (nSPS) is 11.6. The highest BCUT2D eigenvalue weighted by Gasteiger charge is 2.11. The van der Waals surface area contributed by atoms with Crippen LogP contribution in [0.25, 0.3) is 0 Å². The molecule has 0 aliphatic rings. The molecule has 0 saturated carbocycles. The molecule has 1 amide bonds. The Kier molecular flexibility index (Phi) is 5.18. The Morgan fingerprint density at radius 3 is 2.65 bits per heavy atom. The average Bonchev–Trinajstić information content (AvgIpc) is 2.36. The van der Waals surface area contributed by atoms with E-state index in [1.54, 1.807) is 12.1 Å². The van der Waals surface area contributed by atoms with Crippen molar-refractivity contribution in [2.45, 2.75) is 32.4 Å². The maximum Gasteiger partial charge on any atom is 0.237 e. The van der Waals surface area contributed by atoms with Gasteiger partial charge >= 0.3 is 0 Å². The lowest BCUT2D eigenvalue weighted by Crippen LogP contribution is -2.40. The van der Waals surface area contributed by atoms with Crippen molar-refractivity contribution >= 4 is 5.91 Å². The van der Waals surface area contributed by atoms with Gasteiger partial charge in [0.25, 0.3) is 0 Å². The summed E-state index contributed by atoms with van der Waals surface area (Å²) in [4.78, 5) is 11.5. The topological polar surface area (TPSA) is 78.9 Å². The number of nitrogens with one attached hydrogen (secondary N) is 1. The summed E-state index contributed by atoms with van der Waals surface area (Å²) in [5.41, 5.74) is 7.26. The molecule has 1 aromatic carbocycles. The summed E-state index contributed by atoms with van der Waals surface area (Å²) < 4.78 is 0. The van der Waals surface area contributed by atoms with Crippen LogP contribution in [0.15, 0.2) is 24.3 Å². The monoisotopic (exact) mass is 231 g/mol. The van der Waals surface area contributed by atoms with E-state index in [4.69, 9.17) is 11.0 Å². The summed E-state index contributed by atoms with van der Waals surface area (Å²) in [5, 5.41) is 11.4. The highest BCUT2D eigenvalue weighted by Crippen LogP contribution is 2.03. The van der Waals surface area contributed by atoms with Crippen LogP contribution in [0.2, 0.25) is 0 Å². The molecular weight excluding hydrogens is 214 g/mol. The van der Waals surface area contributed by atoms with Gasteiger partial charge in [-0.05, 0) is 24.1 Å². The smallest absolute Gasteiger partial charge is 0.237 e. The van der Waals surface area contributed by atoms with Gasteiger partial charge < -0.3 is 11.1 Å². The van der Waals surface area contributed by atoms with Gasteiger partial charge in [-0.1, -0.05) is 25.5 Å². The minimum Gasteiger partial charge on any atom is -0.351 e. The molecule has 0 aliphatic carbocycles. The van der Waals surface area contributed by atoms with Crippen LogP contribution in [-0.4, -0.2) is 11.9 Å². The van der Waals surface area contributed by atoms with E-state index in [9.17, 15) is 4.79 Å². The van der Waals surface area contributed by atoms with E-state index in [-0.39, 0.29) is 5.91 Å². The number of nitrogens with two attached hydrogens (primary N) is 1. The molecule has 1 atom stereocenters. The zero-order chi connectivity index (χ0) is 12.7. The van der Waals surface area contributed by atoms with Gasteiger partial charge in [0.1, 0.15) is 0 Å². The van der Waals surface area contributed by atoms with Gasteiger partial charge in [0.15, 0.2) is 0 Å². The number of nitrogens with zero attached hydrogens (tertiary/aromatic N) is 1. The largest absolute Gasteiger partial charge is 0.351 e. The highest BCUT2D eigenvalue weighted by atomic mass is 16.2. The van der Waals surface area contributed by atoms with E-state index in [0.717, 1.165) is 12.0 Å². The van der Waals surface area contributed by atoms with Crippen molar-refractivity contribution < 1.29 is 4.79 Å². The van der Waals surface area contributed by atoms with E-state index in [1.807, 2.05) is 25.1 Å². The molecule has 1 aromatic rings. The predicted molar refractivity (Wildman–Crippen MR) is 65.9 cm³/mol. The van der Waals surface area contributed by atoms with E-state index >= 15 is 0 Å². The molecule has 0 aliphatic heterocycles. The third kappa shape index (κ3) is 4.25. The Morgan fingerprint density at radius 1 is 1.47 bits per heavy atom. The standard InChI is InChI=1S/C13H17N3O/c1-2-3-12(15)13(17)16-9-11-6-4-10(8-14)5-7-11/h4-7,12H,2-3,9,15H2,1H3,(H,16,17)/t12-/m0/s1. The number of nitriles is 1. The summed E-state index contributed by atoms with van der Waals surface area (Å²) in [6, 6.07) is 8.72. The molecular formula is C13H17N3O. The SMILES string of the molecule is CCC[C@H](N)C(=O)NCc1ccc(C#N)cc1. The fourth-order valence-corrected chi connectivity index (χ4v) is 1.46. The molecule has 0 radical (unpaired) electrons. The molecule has 0 spiro atoms. The number of hydrogen-bond donors (Lipinski definition) is 2. The van der Waals surface area contributed by atoms with Gasteiger partial charge in [-0.3, -0.25) is 4.79 Å². The maximum absolute atomic E-state index is 11.5. The second-order valence-electron chi connectivity index (χ2n) is 3.92. The van der Waals surface area contributed by atoms with Crippen molar-refractivity contribution in [3.63, 3.8) is 0 Å². The van der Waals surface area contributed by atoms with Gasteiger partial charge in [-0.2, -0.15) is 5.26 Å². The lowest BCUT2D eigenvalue weighted by molar-refractivity contribution is -0.122. The second-order valence-corrected chi connectivity index (χ2v) is 3.92. The van der Waals surface area contributed by atoms with Crippen LogP contribution in [0.1, 0.15) is 30.9 Å². The Bertz CT molecular complexity index is 406. The van der Waals surface area contributed by atoms with Crippen molar-refractivity contribution in [3.8, 4) is 6.07 Å². The minimum absolute atomic E-state index is 0.129. The summed E-state index contributed by atoms with van der Waals surface area (Å²) in [6.45, 7) is 2.44. The highest BCUT2D eigenvalue weighted by molar-refractivity contribution is 5.81. The molecule has 3 N–H and O–H groups in total. The molecule has 4 nitrogen and oxygen atoms in total. The fraction of sp³-hybridized carbons (Fsp3) is 0.385. The number of carbonyl (C=O) groups excluding carboxylic acids is 1. The Balaban J connectivity index is 2.45. The number of benzene rings is 1. The lowest BCUT2D eigenvalue weighted by Gasteiger charge is -2.11. The zero-order valence-corrected chi connectivity index (χ0v) is 9.94. The molecule has 17 heavy (non-hydrogen) atoms. The Hall–Kier alpha value is -1.86. The summed E-state index contributed by atoms with van der Waals surface area (Å²) in [6.07, 6.45) is 1.59. The van der Waals surface area contributed by atoms with E-state index < -0.39 is 6.04 Å². The quantitative estimate of drug-likeness (QED) is 0.801. The van der Waals surface area contributed by atoms with Gasteiger partial charge in [-0.15, -0.1) is 0 Å². The van der Waals surface area contributed by atoms with Crippen LogP contribution in [0.5, 0.6) is 0 Å². The third-order valence-corrected chi connectivity index (χ3v) is 2.49. The molecule has 90 valence electrons. The van der Waals surface area contributed by atoms with Crippen LogP contribution < -0.4 is 11.1 Å². The van der Waals surface area contributed by atoms with Crippen LogP contribution in [-0.2, 0) is 11.3 Å². The maximum atomic E-state index is 11.5. The van der Waals surface area contributed by atoms with Gasteiger partial charge in [0.05, 0.1) is 17.7 Å². The van der Waals surface area contributed by atoms with Crippen molar-refractivity contribution in [1.82, 2.24) is 5.32 Å². The molecule has 4 heteroatoms. The molecule has 0 unspecified atom stereocenters. The Labute approximate surface area is 101 Å². The van der Waals surface area contributed by atoms with Crippen LogP contribution in [0.3, 0.4) is 0 Å². The minimum atomic E-state index is -0.432. The second kappa shape index (κ2) is 6.66. The van der Waals surface area contributed by atoms with Gasteiger partial charge in [-0.25, -0.2) is 0 Å². The van der Waals surface area contributed by atoms with E-state index in [1.165, 1.54) is 0 Å². The molecule has 0 bridgehead atoms. The Morgan fingerprint density at radius 2 is 2.12 bits per heavy atom. The number of carbonyl (C=O) groups is 1. The lowest BCUT2D eigenvalue weighted by atomic mass is 10.1. The first-order chi connectivity index (χ1) is 8.17. The molecule has 0 fully saturated rings. The first-order valence-corrected chi connectivity index (χ1v) is 5.69. The zero-order valence-electron chi connectivity index (χ0n) is 9.94. The summed E-state index contributed by atoms with van der Waals surface area (Å²) in [5.74, 6) is -0.129. The van der Waals surface area contributed by atoms with Crippen molar-refractivity contribution in [2.24, 2.45) is 5.73 Å². The van der Waals surface area contributed by atoms with Crippen molar-refractivity contribution in [2.75, 3.05) is 0 Å². The van der Waals surface area contributed by atoms with Gasteiger partial charge in [0, 0.05) is 6.54 Å². The predicted octanol–water partition coefficient (Wildman–Crippen LogP) is 1.30. The van der Waals surface area contributed by atoms with E-state index in [2.05, 4.69) is 5.32 Å². The first kappa shape index (κ1) is 13.2. The van der Waals surface area contributed by atoms with Crippen molar-refractivity contribution in [3.05, 3.63) is 35.4 Å².